The number of hydrogen-bond donors (Lipinski definition) is 1. The molecule has 160 valence electrons. The molecule has 0 heterocycles. The van der Waals surface area contributed by atoms with Crippen LogP contribution in [0.15, 0.2) is 89.8 Å². The molecule has 4 nitrogen and oxygen atoms in total. The molecule has 0 saturated carbocycles. The molecule has 0 bridgehead atoms. The van der Waals surface area contributed by atoms with Crippen LogP contribution in [0.2, 0.25) is 0 Å². The van der Waals surface area contributed by atoms with Gasteiger partial charge >= 0.3 is 0 Å². The van der Waals surface area contributed by atoms with Gasteiger partial charge in [-0.2, -0.15) is 0 Å². The number of aryl methyl sites for hydroxylation is 1. The summed E-state index contributed by atoms with van der Waals surface area (Å²) in [5.41, 5.74) is 3.19. The molecule has 0 aliphatic heterocycles. The van der Waals surface area contributed by atoms with Crippen molar-refractivity contribution in [1.82, 2.24) is 10.2 Å². The zero-order valence-corrected chi connectivity index (χ0v) is 18.8. The Labute approximate surface area is 188 Å². The summed E-state index contributed by atoms with van der Waals surface area (Å²) in [6.45, 7) is 2.42. The Balaban J connectivity index is 1.86. The summed E-state index contributed by atoms with van der Waals surface area (Å²) in [4.78, 5) is 29.0. The van der Waals surface area contributed by atoms with E-state index in [1.807, 2.05) is 91.9 Å². The molecule has 0 aliphatic carbocycles. The van der Waals surface area contributed by atoms with Crippen LogP contribution >= 0.6 is 11.8 Å². The van der Waals surface area contributed by atoms with Crippen LogP contribution in [-0.2, 0) is 22.6 Å². The summed E-state index contributed by atoms with van der Waals surface area (Å²) in [7, 11) is 1.62. The molecular weight excluding hydrogens is 404 g/mol. The number of carbonyl (C=O) groups excluding carboxylic acids is 2. The van der Waals surface area contributed by atoms with Gasteiger partial charge in [0.25, 0.3) is 0 Å². The van der Waals surface area contributed by atoms with Crippen molar-refractivity contribution in [2.24, 2.45) is 0 Å². The highest BCUT2D eigenvalue weighted by molar-refractivity contribution is 8.00. The van der Waals surface area contributed by atoms with E-state index in [9.17, 15) is 9.59 Å². The van der Waals surface area contributed by atoms with Gasteiger partial charge in [0, 0.05) is 24.9 Å². The average molecular weight is 433 g/mol. The minimum Gasteiger partial charge on any atom is -0.357 e. The second-order valence-corrected chi connectivity index (χ2v) is 8.48. The molecule has 3 rings (SSSR count). The van der Waals surface area contributed by atoms with E-state index in [1.54, 1.807) is 11.9 Å². The second kappa shape index (κ2) is 11.4. The fourth-order valence-electron chi connectivity index (χ4n) is 3.36. The van der Waals surface area contributed by atoms with Crippen molar-refractivity contribution in [3.8, 4) is 0 Å². The maximum atomic E-state index is 13.4. The van der Waals surface area contributed by atoms with E-state index in [0.29, 0.717) is 13.0 Å². The van der Waals surface area contributed by atoms with Crippen LogP contribution in [0.3, 0.4) is 0 Å². The molecule has 5 heteroatoms. The highest BCUT2D eigenvalue weighted by atomic mass is 32.2. The van der Waals surface area contributed by atoms with Crippen LogP contribution in [0.1, 0.15) is 16.7 Å². The second-order valence-electron chi connectivity index (χ2n) is 7.43. The van der Waals surface area contributed by atoms with Gasteiger partial charge < -0.3 is 10.2 Å². The predicted molar refractivity (Wildman–Crippen MR) is 127 cm³/mol. The van der Waals surface area contributed by atoms with Gasteiger partial charge in [-0.1, -0.05) is 78.4 Å². The zero-order chi connectivity index (χ0) is 22.1. The Morgan fingerprint density at radius 3 is 2.10 bits per heavy atom. The van der Waals surface area contributed by atoms with Gasteiger partial charge in [0.05, 0.1) is 5.75 Å². The first-order chi connectivity index (χ1) is 15.1. The van der Waals surface area contributed by atoms with E-state index in [2.05, 4.69) is 5.32 Å². The van der Waals surface area contributed by atoms with Gasteiger partial charge in [-0.05, 0) is 30.2 Å². The van der Waals surface area contributed by atoms with E-state index >= 15 is 0 Å². The molecule has 3 aromatic rings. The number of likely N-dealkylation sites (N-methyl/N-ethyl adjacent to an activating group) is 1. The largest absolute Gasteiger partial charge is 0.357 e. The van der Waals surface area contributed by atoms with Crippen LogP contribution in [0.4, 0.5) is 0 Å². The summed E-state index contributed by atoms with van der Waals surface area (Å²) in [6.07, 6.45) is 0.466. The van der Waals surface area contributed by atoms with Gasteiger partial charge in [0.15, 0.2) is 0 Å². The molecule has 0 saturated heterocycles. The average Bonchev–Trinajstić information content (AvgIpc) is 2.81. The molecule has 2 amide bonds. The van der Waals surface area contributed by atoms with Gasteiger partial charge in [-0.15, -0.1) is 11.8 Å². The lowest BCUT2D eigenvalue weighted by Gasteiger charge is -2.31. The third-order valence-corrected chi connectivity index (χ3v) is 6.09. The number of thioether (sulfide) groups is 1. The lowest BCUT2D eigenvalue weighted by Crippen LogP contribution is -2.50. The maximum Gasteiger partial charge on any atom is 0.242 e. The normalized spacial score (nSPS) is 11.5. The van der Waals surface area contributed by atoms with Crippen LogP contribution in [-0.4, -0.2) is 35.6 Å². The van der Waals surface area contributed by atoms with Crippen LogP contribution in [0, 0.1) is 6.92 Å². The van der Waals surface area contributed by atoms with Gasteiger partial charge in [-0.25, -0.2) is 0 Å². The minimum atomic E-state index is -0.586. The molecule has 0 fully saturated rings. The van der Waals surface area contributed by atoms with Gasteiger partial charge in [-0.3, -0.25) is 9.59 Å². The summed E-state index contributed by atoms with van der Waals surface area (Å²) in [5.74, 6) is 0.0611. The molecule has 1 N–H and O–H groups in total. The molecule has 0 spiro atoms. The van der Waals surface area contributed by atoms with Crippen LogP contribution in [0.25, 0.3) is 0 Å². The fraction of sp³-hybridized carbons (Fsp3) is 0.231. The number of carbonyl (C=O) groups is 2. The van der Waals surface area contributed by atoms with Crippen molar-refractivity contribution >= 4 is 23.6 Å². The topological polar surface area (TPSA) is 49.4 Å². The van der Waals surface area contributed by atoms with Crippen molar-refractivity contribution in [2.45, 2.75) is 30.8 Å². The predicted octanol–water partition coefficient (Wildman–Crippen LogP) is 4.47. The quantitative estimate of drug-likeness (QED) is 0.508. The van der Waals surface area contributed by atoms with E-state index in [1.165, 1.54) is 11.8 Å². The van der Waals surface area contributed by atoms with Crippen molar-refractivity contribution in [2.75, 3.05) is 12.8 Å². The van der Waals surface area contributed by atoms with Crippen molar-refractivity contribution < 1.29 is 9.59 Å². The van der Waals surface area contributed by atoms with Crippen molar-refractivity contribution in [3.63, 3.8) is 0 Å². The Morgan fingerprint density at radius 2 is 1.48 bits per heavy atom. The standard InChI is InChI=1S/C26H28N2O2S/c1-20-13-15-22(16-14-20)18-28(25(29)19-31-23-11-7-4-8-12-23)24(26(30)27-2)17-21-9-5-3-6-10-21/h3-16,24H,17-19H2,1-2H3,(H,27,30)/t24-/m1/s1. The van der Waals surface area contributed by atoms with E-state index in [-0.39, 0.29) is 17.6 Å². The third-order valence-electron chi connectivity index (χ3n) is 5.10. The monoisotopic (exact) mass is 432 g/mol. The highest BCUT2D eigenvalue weighted by Gasteiger charge is 2.29. The van der Waals surface area contributed by atoms with Gasteiger partial charge in [0.2, 0.25) is 11.8 Å². The first-order valence-corrected chi connectivity index (χ1v) is 11.3. The minimum absolute atomic E-state index is 0.0565. The zero-order valence-electron chi connectivity index (χ0n) is 18.0. The number of hydrogen-bond acceptors (Lipinski definition) is 3. The number of nitrogens with one attached hydrogen (secondary N) is 1. The molecule has 0 aliphatic rings. The Morgan fingerprint density at radius 1 is 0.871 bits per heavy atom. The maximum absolute atomic E-state index is 13.4. The first kappa shape index (κ1) is 22.6. The Bertz CT molecular complexity index is 975. The molecule has 0 radical (unpaired) electrons. The summed E-state index contributed by atoms with van der Waals surface area (Å²) in [5, 5.41) is 2.75. The van der Waals surface area contributed by atoms with E-state index < -0.39 is 6.04 Å². The number of amides is 2. The Kier molecular flexibility index (Phi) is 8.30. The van der Waals surface area contributed by atoms with Crippen molar-refractivity contribution in [1.29, 1.82) is 0 Å². The molecule has 1 atom stereocenters. The lowest BCUT2D eigenvalue weighted by molar-refractivity contribution is -0.139. The Hall–Kier alpha value is -3.05. The molecular formula is C26H28N2O2S. The van der Waals surface area contributed by atoms with Crippen molar-refractivity contribution in [3.05, 3.63) is 102 Å². The fourth-order valence-corrected chi connectivity index (χ4v) is 4.16. The number of rotatable bonds is 9. The SMILES string of the molecule is CNC(=O)[C@@H](Cc1ccccc1)N(Cc1ccc(C)cc1)C(=O)CSc1ccccc1. The summed E-state index contributed by atoms with van der Waals surface area (Å²) < 4.78 is 0. The smallest absolute Gasteiger partial charge is 0.242 e. The highest BCUT2D eigenvalue weighted by Crippen LogP contribution is 2.21. The summed E-state index contributed by atoms with van der Waals surface area (Å²) >= 11 is 1.49. The molecule has 0 aromatic heterocycles. The van der Waals surface area contributed by atoms with E-state index in [4.69, 9.17) is 0 Å². The molecule has 0 unspecified atom stereocenters. The van der Waals surface area contributed by atoms with Crippen LogP contribution < -0.4 is 5.32 Å². The van der Waals surface area contributed by atoms with Crippen LogP contribution in [0.5, 0.6) is 0 Å². The van der Waals surface area contributed by atoms with Gasteiger partial charge in [0.1, 0.15) is 6.04 Å². The molecule has 31 heavy (non-hydrogen) atoms. The molecule has 3 aromatic carbocycles. The number of benzene rings is 3. The lowest BCUT2D eigenvalue weighted by atomic mass is 10.0. The first-order valence-electron chi connectivity index (χ1n) is 10.3. The third kappa shape index (κ3) is 6.72. The summed E-state index contributed by atoms with van der Waals surface area (Å²) in [6, 6.07) is 27.2. The van der Waals surface area contributed by atoms with E-state index in [0.717, 1.165) is 21.6 Å². The number of nitrogens with zero attached hydrogens (tertiary/aromatic N) is 1.